The minimum atomic E-state index is -0.251. The molecule has 0 saturated heterocycles. The van der Waals surface area contributed by atoms with Crippen LogP contribution in [0.2, 0.25) is 0 Å². The molecule has 0 amide bonds. The van der Waals surface area contributed by atoms with Gasteiger partial charge in [-0.3, -0.25) is 0 Å². The summed E-state index contributed by atoms with van der Waals surface area (Å²) in [6.07, 6.45) is 2.44. The van der Waals surface area contributed by atoms with Crippen molar-refractivity contribution in [1.29, 1.82) is 0 Å². The summed E-state index contributed by atoms with van der Waals surface area (Å²) in [6.45, 7) is 1.05. The van der Waals surface area contributed by atoms with Crippen LogP contribution in [0.3, 0.4) is 0 Å². The lowest BCUT2D eigenvalue weighted by Gasteiger charge is -2.01. The van der Waals surface area contributed by atoms with Crippen LogP contribution < -0.4 is 10.6 Å². The standard InChI is InChI=1S/C13H15FN4O/c14-10-3-1-2-9(6-10)7-16-13-18-17-12(19-13)8-15-11-4-5-11/h1-3,6,11,15H,4-5,7-8H2,(H,16,18). The fourth-order valence-corrected chi connectivity index (χ4v) is 1.74. The fraction of sp³-hybridized carbons (Fsp3) is 0.385. The van der Waals surface area contributed by atoms with Crippen LogP contribution in [-0.2, 0) is 13.1 Å². The zero-order valence-electron chi connectivity index (χ0n) is 10.4. The van der Waals surface area contributed by atoms with Gasteiger partial charge in [0, 0.05) is 12.6 Å². The van der Waals surface area contributed by atoms with Crippen LogP contribution in [0.4, 0.5) is 10.4 Å². The maximum Gasteiger partial charge on any atom is 0.315 e. The zero-order chi connectivity index (χ0) is 13.1. The average molecular weight is 262 g/mol. The van der Waals surface area contributed by atoms with Gasteiger partial charge in [0.05, 0.1) is 6.54 Å². The molecule has 1 aromatic carbocycles. The van der Waals surface area contributed by atoms with E-state index < -0.39 is 0 Å². The van der Waals surface area contributed by atoms with Gasteiger partial charge in [-0.05, 0) is 30.5 Å². The molecular weight excluding hydrogens is 247 g/mol. The lowest BCUT2D eigenvalue weighted by molar-refractivity contribution is 0.475. The molecule has 19 heavy (non-hydrogen) atoms. The third kappa shape index (κ3) is 3.51. The van der Waals surface area contributed by atoms with Crippen molar-refractivity contribution in [2.24, 2.45) is 0 Å². The fourth-order valence-electron chi connectivity index (χ4n) is 1.74. The summed E-state index contributed by atoms with van der Waals surface area (Å²) in [5.41, 5.74) is 0.829. The molecule has 1 fully saturated rings. The van der Waals surface area contributed by atoms with Crippen LogP contribution in [0.5, 0.6) is 0 Å². The Morgan fingerprint density at radius 2 is 2.16 bits per heavy atom. The largest absolute Gasteiger partial charge is 0.407 e. The summed E-state index contributed by atoms with van der Waals surface area (Å²) in [5.74, 6) is 0.313. The second kappa shape index (κ2) is 5.36. The number of aromatic nitrogens is 2. The lowest BCUT2D eigenvalue weighted by atomic mass is 10.2. The van der Waals surface area contributed by atoms with Gasteiger partial charge in [0.2, 0.25) is 5.89 Å². The van der Waals surface area contributed by atoms with Crippen LogP contribution in [0.1, 0.15) is 24.3 Å². The maximum atomic E-state index is 13.0. The van der Waals surface area contributed by atoms with E-state index >= 15 is 0 Å². The van der Waals surface area contributed by atoms with Crippen LogP contribution in [0, 0.1) is 5.82 Å². The number of nitrogens with one attached hydrogen (secondary N) is 2. The van der Waals surface area contributed by atoms with E-state index in [0.29, 0.717) is 31.0 Å². The number of hydrogen-bond acceptors (Lipinski definition) is 5. The van der Waals surface area contributed by atoms with E-state index in [-0.39, 0.29) is 5.82 Å². The molecule has 1 aromatic heterocycles. The van der Waals surface area contributed by atoms with Crippen LogP contribution in [-0.4, -0.2) is 16.2 Å². The van der Waals surface area contributed by atoms with Crippen LogP contribution in [0.15, 0.2) is 28.7 Å². The predicted octanol–water partition coefficient (Wildman–Crippen LogP) is 2.07. The third-order valence-corrected chi connectivity index (χ3v) is 2.92. The molecule has 1 aliphatic rings. The van der Waals surface area contributed by atoms with E-state index in [9.17, 15) is 4.39 Å². The number of rotatable bonds is 6. The summed E-state index contributed by atoms with van der Waals surface area (Å²) in [4.78, 5) is 0. The van der Waals surface area contributed by atoms with Crippen molar-refractivity contribution in [2.75, 3.05) is 5.32 Å². The molecule has 0 aliphatic heterocycles. The molecule has 0 bridgehead atoms. The molecule has 0 atom stereocenters. The van der Waals surface area contributed by atoms with Crippen molar-refractivity contribution in [3.8, 4) is 0 Å². The topological polar surface area (TPSA) is 63.0 Å². The Bertz CT molecular complexity index is 553. The Morgan fingerprint density at radius 1 is 1.26 bits per heavy atom. The highest BCUT2D eigenvalue weighted by molar-refractivity contribution is 5.24. The second-order valence-corrected chi connectivity index (χ2v) is 4.64. The monoisotopic (exact) mass is 262 g/mol. The molecule has 5 nitrogen and oxygen atoms in total. The van der Waals surface area contributed by atoms with Gasteiger partial charge < -0.3 is 15.1 Å². The van der Waals surface area contributed by atoms with Crippen LogP contribution in [0.25, 0.3) is 0 Å². The van der Waals surface area contributed by atoms with E-state index in [0.717, 1.165) is 5.56 Å². The van der Waals surface area contributed by atoms with Gasteiger partial charge in [0.15, 0.2) is 0 Å². The smallest absolute Gasteiger partial charge is 0.315 e. The highest BCUT2D eigenvalue weighted by Crippen LogP contribution is 2.19. The Kier molecular flexibility index (Phi) is 3.41. The third-order valence-electron chi connectivity index (χ3n) is 2.92. The van der Waals surface area contributed by atoms with Crippen molar-refractivity contribution < 1.29 is 8.81 Å². The SMILES string of the molecule is Fc1cccc(CNc2nnc(CNC3CC3)o2)c1. The molecule has 0 unspecified atom stereocenters. The van der Waals surface area contributed by atoms with Crippen LogP contribution >= 0.6 is 0 Å². The van der Waals surface area contributed by atoms with Gasteiger partial charge in [-0.15, -0.1) is 5.10 Å². The van der Waals surface area contributed by atoms with Crippen molar-refractivity contribution in [2.45, 2.75) is 32.0 Å². The molecule has 1 heterocycles. The van der Waals surface area contributed by atoms with Gasteiger partial charge >= 0.3 is 6.01 Å². The van der Waals surface area contributed by atoms with E-state index in [1.54, 1.807) is 6.07 Å². The van der Waals surface area contributed by atoms with Gasteiger partial charge in [-0.25, -0.2) is 4.39 Å². The number of anilines is 1. The zero-order valence-corrected chi connectivity index (χ0v) is 10.4. The van der Waals surface area contributed by atoms with Gasteiger partial charge in [0.25, 0.3) is 0 Å². The molecule has 2 aromatic rings. The Balaban J connectivity index is 1.51. The average Bonchev–Trinajstić information content (AvgIpc) is 3.13. The van der Waals surface area contributed by atoms with Gasteiger partial charge in [-0.2, -0.15) is 0 Å². The Labute approximate surface area is 110 Å². The molecule has 2 N–H and O–H groups in total. The summed E-state index contributed by atoms with van der Waals surface area (Å²) in [5, 5.41) is 14.1. The minimum absolute atomic E-state index is 0.251. The first-order valence-corrected chi connectivity index (χ1v) is 6.34. The molecule has 1 aliphatic carbocycles. The first-order chi connectivity index (χ1) is 9.29. The number of hydrogen-bond donors (Lipinski definition) is 2. The highest BCUT2D eigenvalue weighted by atomic mass is 19.1. The molecule has 0 spiro atoms. The Hall–Kier alpha value is -1.95. The van der Waals surface area contributed by atoms with E-state index in [1.165, 1.54) is 25.0 Å². The minimum Gasteiger partial charge on any atom is -0.407 e. The quantitative estimate of drug-likeness (QED) is 0.834. The first kappa shape index (κ1) is 12.1. The maximum absolute atomic E-state index is 13.0. The molecular formula is C13H15FN4O. The molecule has 100 valence electrons. The van der Waals surface area contributed by atoms with Gasteiger partial charge in [-0.1, -0.05) is 17.2 Å². The summed E-state index contributed by atoms with van der Waals surface area (Å²) >= 11 is 0. The van der Waals surface area contributed by atoms with E-state index in [4.69, 9.17) is 4.42 Å². The first-order valence-electron chi connectivity index (χ1n) is 6.34. The second-order valence-electron chi connectivity index (χ2n) is 4.64. The molecule has 3 rings (SSSR count). The van der Waals surface area contributed by atoms with Gasteiger partial charge in [0.1, 0.15) is 5.82 Å². The molecule has 0 radical (unpaired) electrons. The molecule has 1 saturated carbocycles. The van der Waals surface area contributed by atoms with Crippen molar-refractivity contribution in [1.82, 2.24) is 15.5 Å². The number of benzene rings is 1. The highest BCUT2D eigenvalue weighted by Gasteiger charge is 2.21. The normalized spacial score (nSPS) is 14.6. The number of halogens is 1. The molecule has 6 heteroatoms. The lowest BCUT2D eigenvalue weighted by Crippen LogP contribution is -2.15. The van der Waals surface area contributed by atoms with Crippen molar-refractivity contribution >= 4 is 6.01 Å². The van der Waals surface area contributed by atoms with Crippen molar-refractivity contribution in [3.63, 3.8) is 0 Å². The Morgan fingerprint density at radius 3 is 2.95 bits per heavy atom. The summed E-state index contributed by atoms with van der Waals surface area (Å²) < 4.78 is 18.4. The predicted molar refractivity (Wildman–Crippen MR) is 67.9 cm³/mol. The van der Waals surface area contributed by atoms with E-state index in [1.807, 2.05) is 6.07 Å². The summed E-state index contributed by atoms with van der Waals surface area (Å²) in [6, 6.07) is 7.36. The summed E-state index contributed by atoms with van der Waals surface area (Å²) in [7, 11) is 0. The number of nitrogens with zero attached hydrogens (tertiary/aromatic N) is 2. The van der Waals surface area contributed by atoms with E-state index in [2.05, 4.69) is 20.8 Å². The van der Waals surface area contributed by atoms with Crippen molar-refractivity contribution in [3.05, 3.63) is 41.5 Å².